The molecule has 1 aliphatic rings. The molecule has 21 heavy (non-hydrogen) atoms. The van der Waals surface area contributed by atoms with Crippen molar-refractivity contribution in [2.75, 3.05) is 13.2 Å². The maximum Gasteiger partial charge on any atom is 0.315 e. The van der Waals surface area contributed by atoms with Crippen molar-refractivity contribution in [3.63, 3.8) is 0 Å². The molecule has 0 heterocycles. The lowest BCUT2D eigenvalue weighted by Crippen LogP contribution is -2.51. The minimum absolute atomic E-state index is 0.110. The number of amides is 2. The average Bonchev–Trinajstić information content (AvgIpc) is 2.41. The monoisotopic (exact) mass is 292 g/mol. The normalized spacial score (nSPS) is 17.5. The Morgan fingerprint density at radius 3 is 2.86 bits per heavy atom. The van der Waals surface area contributed by atoms with E-state index in [1.54, 1.807) is 0 Å². The van der Waals surface area contributed by atoms with Gasteiger partial charge in [-0.1, -0.05) is 12.1 Å². The Balaban J connectivity index is 1.66. The number of rotatable bonds is 6. The van der Waals surface area contributed by atoms with Crippen molar-refractivity contribution >= 4 is 6.03 Å². The molecular weight excluding hydrogens is 268 g/mol. The summed E-state index contributed by atoms with van der Waals surface area (Å²) in [7, 11) is 0. The molecule has 1 aliphatic carbocycles. The predicted octanol–water partition coefficient (Wildman–Crippen LogP) is 1.98. The van der Waals surface area contributed by atoms with E-state index in [4.69, 9.17) is 4.74 Å². The summed E-state index contributed by atoms with van der Waals surface area (Å²) in [6, 6.07) is 7.42. The van der Waals surface area contributed by atoms with Crippen molar-refractivity contribution < 1.29 is 14.6 Å². The second kappa shape index (κ2) is 6.80. The van der Waals surface area contributed by atoms with Crippen LogP contribution < -0.4 is 15.4 Å². The van der Waals surface area contributed by atoms with E-state index in [0.717, 1.165) is 30.6 Å². The molecule has 116 valence electrons. The number of carbonyl (C=O) groups is 1. The minimum atomic E-state index is -0.696. The van der Waals surface area contributed by atoms with Gasteiger partial charge in [0.25, 0.3) is 0 Å². The lowest BCUT2D eigenvalue weighted by molar-refractivity contribution is -0.0290. The highest BCUT2D eigenvalue weighted by Gasteiger charge is 2.34. The fraction of sp³-hybridized carbons (Fsp3) is 0.562. The third-order valence-corrected chi connectivity index (χ3v) is 3.73. The molecule has 2 amide bonds. The number of aryl methyl sites for hydroxylation is 1. The first-order valence-corrected chi connectivity index (χ1v) is 7.43. The zero-order chi connectivity index (χ0) is 15.3. The van der Waals surface area contributed by atoms with E-state index in [2.05, 4.69) is 10.6 Å². The first-order chi connectivity index (χ1) is 9.97. The average molecular weight is 292 g/mol. The fourth-order valence-electron chi connectivity index (χ4n) is 2.25. The first-order valence-electron chi connectivity index (χ1n) is 7.43. The van der Waals surface area contributed by atoms with E-state index in [1.165, 1.54) is 0 Å². The molecule has 3 N–H and O–H groups in total. The number of nitrogens with one attached hydrogen (secondary N) is 2. The van der Waals surface area contributed by atoms with Crippen molar-refractivity contribution in [1.82, 2.24) is 10.6 Å². The Hall–Kier alpha value is -1.75. The van der Waals surface area contributed by atoms with Crippen molar-refractivity contribution in [3.8, 4) is 5.75 Å². The molecule has 1 unspecified atom stereocenters. The molecular formula is C16H24N2O3. The summed E-state index contributed by atoms with van der Waals surface area (Å²) in [6.07, 6.45) is 2.55. The van der Waals surface area contributed by atoms with Crippen LogP contribution in [0.1, 0.15) is 31.7 Å². The highest BCUT2D eigenvalue weighted by molar-refractivity contribution is 5.74. The topological polar surface area (TPSA) is 70.6 Å². The van der Waals surface area contributed by atoms with E-state index >= 15 is 0 Å². The lowest BCUT2D eigenvalue weighted by atomic mass is 9.80. The fourth-order valence-corrected chi connectivity index (χ4v) is 2.25. The van der Waals surface area contributed by atoms with Crippen LogP contribution in [0, 0.1) is 6.92 Å². The molecule has 1 saturated carbocycles. The molecule has 5 nitrogen and oxygen atoms in total. The van der Waals surface area contributed by atoms with E-state index in [-0.39, 0.29) is 12.1 Å². The van der Waals surface area contributed by atoms with E-state index in [1.807, 2.05) is 38.1 Å². The molecule has 1 atom stereocenters. The van der Waals surface area contributed by atoms with Crippen LogP contribution in [-0.4, -0.2) is 35.9 Å². The molecule has 2 rings (SSSR count). The standard InChI is InChI=1S/C16H24N2O3/c1-12-5-3-6-14(9-12)21-10-13(2)18-15(19)17-11-16(20)7-4-8-16/h3,5-6,9,13,20H,4,7-8,10-11H2,1-2H3,(H2,17,18,19). The summed E-state index contributed by atoms with van der Waals surface area (Å²) >= 11 is 0. The second-order valence-electron chi connectivity index (χ2n) is 5.93. The number of hydrogen-bond donors (Lipinski definition) is 3. The quantitative estimate of drug-likeness (QED) is 0.751. The molecule has 5 heteroatoms. The molecule has 1 aromatic carbocycles. The van der Waals surface area contributed by atoms with Gasteiger partial charge in [0, 0.05) is 6.54 Å². The number of benzene rings is 1. The van der Waals surface area contributed by atoms with Crippen molar-refractivity contribution in [3.05, 3.63) is 29.8 Å². The van der Waals surface area contributed by atoms with Crippen molar-refractivity contribution in [2.24, 2.45) is 0 Å². The highest BCUT2D eigenvalue weighted by atomic mass is 16.5. The smallest absolute Gasteiger partial charge is 0.315 e. The third-order valence-electron chi connectivity index (χ3n) is 3.73. The molecule has 1 aromatic rings. The van der Waals surface area contributed by atoms with Crippen LogP contribution in [0.4, 0.5) is 4.79 Å². The number of aliphatic hydroxyl groups is 1. The van der Waals surface area contributed by atoms with Crippen LogP contribution in [0.5, 0.6) is 5.75 Å². The molecule has 0 bridgehead atoms. The number of hydrogen-bond acceptors (Lipinski definition) is 3. The molecule has 0 spiro atoms. The maximum atomic E-state index is 11.7. The Bertz CT molecular complexity index is 486. The summed E-state index contributed by atoms with van der Waals surface area (Å²) in [5.74, 6) is 0.799. The van der Waals surface area contributed by atoms with Crippen LogP contribution in [0.3, 0.4) is 0 Å². The maximum absolute atomic E-state index is 11.7. The highest BCUT2D eigenvalue weighted by Crippen LogP contribution is 2.30. The zero-order valence-electron chi connectivity index (χ0n) is 12.7. The van der Waals surface area contributed by atoms with E-state index in [9.17, 15) is 9.90 Å². The van der Waals surface area contributed by atoms with Gasteiger partial charge in [-0.05, 0) is 50.8 Å². The summed E-state index contributed by atoms with van der Waals surface area (Å²) in [5, 5.41) is 15.4. The Labute approximate surface area is 125 Å². The van der Waals surface area contributed by atoms with Gasteiger partial charge in [0.15, 0.2) is 0 Å². The zero-order valence-corrected chi connectivity index (χ0v) is 12.7. The van der Waals surface area contributed by atoms with Gasteiger partial charge in [-0.2, -0.15) is 0 Å². The number of urea groups is 1. The summed E-state index contributed by atoms with van der Waals surface area (Å²) in [5.41, 5.74) is 0.443. The summed E-state index contributed by atoms with van der Waals surface area (Å²) in [6.45, 7) is 4.60. The van der Waals surface area contributed by atoms with Gasteiger partial charge in [-0.3, -0.25) is 0 Å². The SMILES string of the molecule is Cc1cccc(OCC(C)NC(=O)NCC2(O)CCC2)c1. The third kappa shape index (κ3) is 4.93. The van der Waals surface area contributed by atoms with Gasteiger partial charge in [0.1, 0.15) is 12.4 Å². The summed E-state index contributed by atoms with van der Waals surface area (Å²) < 4.78 is 5.64. The summed E-state index contributed by atoms with van der Waals surface area (Å²) in [4.78, 5) is 11.7. The number of ether oxygens (including phenoxy) is 1. The first kappa shape index (κ1) is 15.6. The number of carbonyl (C=O) groups excluding carboxylic acids is 1. The van der Waals surface area contributed by atoms with Gasteiger partial charge in [0.05, 0.1) is 11.6 Å². The van der Waals surface area contributed by atoms with Gasteiger partial charge in [-0.25, -0.2) is 4.79 Å². The largest absolute Gasteiger partial charge is 0.491 e. The van der Waals surface area contributed by atoms with Crippen molar-refractivity contribution in [2.45, 2.75) is 44.8 Å². The molecule has 0 saturated heterocycles. The van der Waals surface area contributed by atoms with Gasteiger partial charge in [-0.15, -0.1) is 0 Å². The van der Waals surface area contributed by atoms with Gasteiger partial charge < -0.3 is 20.5 Å². The van der Waals surface area contributed by atoms with Crippen LogP contribution in [0.25, 0.3) is 0 Å². The lowest BCUT2D eigenvalue weighted by Gasteiger charge is -2.36. The van der Waals surface area contributed by atoms with Crippen LogP contribution in [0.2, 0.25) is 0 Å². The van der Waals surface area contributed by atoms with Crippen molar-refractivity contribution in [1.29, 1.82) is 0 Å². The molecule has 0 radical (unpaired) electrons. The Morgan fingerprint density at radius 2 is 2.24 bits per heavy atom. The molecule has 0 aromatic heterocycles. The Kier molecular flexibility index (Phi) is 5.07. The van der Waals surface area contributed by atoms with E-state index < -0.39 is 5.60 Å². The predicted molar refractivity (Wildman–Crippen MR) is 81.5 cm³/mol. The van der Waals surface area contributed by atoms with E-state index in [0.29, 0.717) is 13.2 Å². The molecule has 0 aliphatic heterocycles. The van der Waals surface area contributed by atoms with Crippen LogP contribution in [-0.2, 0) is 0 Å². The minimum Gasteiger partial charge on any atom is -0.491 e. The molecule has 1 fully saturated rings. The van der Waals surface area contributed by atoms with Gasteiger partial charge in [0.2, 0.25) is 0 Å². The van der Waals surface area contributed by atoms with Crippen LogP contribution in [0.15, 0.2) is 24.3 Å². The van der Waals surface area contributed by atoms with Gasteiger partial charge >= 0.3 is 6.03 Å². The van der Waals surface area contributed by atoms with Crippen LogP contribution >= 0.6 is 0 Å². The Morgan fingerprint density at radius 1 is 1.48 bits per heavy atom. The second-order valence-corrected chi connectivity index (χ2v) is 5.93.